The number of hydrazone groups is 1. The lowest BCUT2D eigenvalue weighted by atomic mass is 10.1. The third-order valence-electron chi connectivity index (χ3n) is 6.43. The van der Waals surface area contributed by atoms with Gasteiger partial charge in [-0.25, -0.2) is 10.2 Å². The Hall–Kier alpha value is -6.84. The lowest BCUT2D eigenvalue weighted by molar-refractivity contribution is -0.385. The highest BCUT2D eigenvalue weighted by atomic mass is 16.6. The molecule has 240 valence electrons. The third-order valence-corrected chi connectivity index (χ3v) is 6.43. The van der Waals surface area contributed by atoms with Crippen LogP contribution in [0.1, 0.15) is 36.6 Å². The topological polar surface area (TPSA) is 211 Å². The van der Waals surface area contributed by atoms with E-state index in [1.807, 2.05) is 0 Å². The molecule has 0 aliphatic rings. The fourth-order valence-electron chi connectivity index (χ4n) is 4.12. The van der Waals surface area contributed by atoms with Crippen LogP contribution in [0.5, 0.6) is 23.0 Å². The highest BCUT2D eigenvalue weighted by molar-refractivity contribution is 6.05. The van der Waals surface area contributed by atoms with Crippen molar-refractivity contribution in [3.05, 3.63) is 121 Å². The minimum absolute atomic E-state index is 0.0142. The van der Waals surface area contributed by atoms with Gasteiger partial charge in [0.15, 0.2) is 11.5 Å². The summed E-state index contributed by atoms with van der Waals surface area (Å²) in [6.07, 6.45) is 1.05. The van der Waals surface area contributed by atoms with Gasteiger partial charge in [-0.3, -0.25) is 29.8 Å². The molecular formula is C31H25N5O11. The van der Waals surface area contributed by atoms with E-state index >= 15 is 0 Å². The molecule has 0 aliphatic heterocycles. The summed E-state index contributed by atoms with van der Waals surface area (Å²) in [5.74, 6) is -1.67. The minimum atomic E-state index is -1.01. The van der Waals surface area contributed by atoms with Crippen molar-refractivity contribution in [3.8, 4) is 23.0 Å². The zero-order valence-electron chi connectivity index (χ0n) is 24.9. The van der Waals surface area contributed by atoms with E-state index in [9.17, 15) is 34.6 Å². The molecule has 4 rings (SSSR count). The van der Waals surface area contributed by atoms with E-state index in [1.165, 1.54) is 69.9 Å². The van der Waals surface area contributed by atoms with E-state index in [0.717, 1.165) is 36.5 Å². The van der Waals surface area contributed by atoms with Crippen LogP contribution in [-0.4, -0.2) is 55.2 Å². The number of benzene rings is 4. The summed E-state index contributed by atoms with van der Waals surface area (Å²) >= 11 is 0. The van der Waals surface area contributed by atoms with Crippen molar-refractivity contribution in [3.63, 3.8) is 0 Å². The molecular weight excluding hydrogens is 618 g/mol. The van der Waals surface area contributed by atoms with Gasteiger partial charge in [0.05, 0.1) is 43.0 Å². The molecule has 0 spiro atoms. The van der Waals surface area contributed by atoms with E-state index < -0.39 is 39.1 Å². The molecule has 0 unspecified atom stereocenters. The Morgan fingerprint density at radius 2 is 1.34 bits per heavy atom. The number of hydrogen-bond donors (Lipinski definition) is 2. The summed E-state index contributed by atoms with van der Waals surface area (Å²) in [6.45, 7) is 0. The van der Waals surface area contributed by atoms with Gasteiger partial charge in [-0.2, -0.15) is 5.10 Å². The Morgan fingerprint density at radius 1 is 0.723 bits per heavy atom. The van der Waals surface area contributed by atoms with Gasteiger partial charge in [-0.1, -0.05) is 6.07 Å². The molecule has 0 aliphatic carbocycles. The average molecular weight is 644 g/mol. The number of nitrogens with one attached hydrogen (secondary N) is 2. The summed E-state index contributed by atoms with van der Waals surface area (Å²) in [4.78, 5) is 59.3. The Morgan fingerprint density at radius 3 is 1.89 bits per heavy atom. The van der Waals surface area contributed by atoms with Crippen LogP contribution >= 0.6 is 0 Å². The number of nitro groups is 2. The first kappa shape index (κ1) is 33.1. The molecule has 0 saturated carbocycles. The monoisotopic (exact) mass is 643 g/mol. The highest BCUT2D eigenvalue weighted by Crippen LogP contribution is 2.38. The molecule has 16 nitrogen and oxygen atoms in total. The zero-order valence-corrected chi connectivity index (χ0v) is 24.9. The van der Waals surface area contributed by atoms with Crippen molar-refractivity contribution in [1.29, 1.82) is 0 Å². The van der Waals surface area contributed by atoms with Crippen molar-refractivity contribution in [2.75, 3.05) is 26.6 Å². The maximum Gasteiger partial charge on any atom is 0.343 e. The van der Waals surface area contributed by atoms with Crippen LogP contribution in [0.4, 0.5) is 17.1 Å². The van der Waals surface area contributed by atoms with Crippen LogP contribution in [0.25, 0.3) is 0 Å². The predicted molar refractivity (Wildman–Crippen MR) is 167 cm³/mol. The van der Waals surface area contributed by atoms with Gasteiger partial charge in [0.25, 0.3) is 17.5 Å². The Balaban J connectivity index is 1.45. The number of esters is 1. The van der Waals surface area contributed by atoms with Gasteiger partial charge in [0.1, 0.15) is 0 Å². The molecule has 0 radical (unpaired) electrons. The molecule has 0 fully saturated rings. The molecule has 0 aromatic heterocycles. The Kier molecular flexibility index (Phi) is 10.4. The van der Waals surface area contributed by atoms with Crippen molar-refractivity contribution < 1.29 is 43.2 Å². The van der Waals surface area contributed by atoms with Gasteiger partial charge in [-0.05, 0) is 54.6 Å². The number of nitro benzene ring substituents is 2. The number of hydrogen-bond acceptors (Lipinski definition) is 12. The van der Waals surface area contributed by atoms with Gasteiger partial charge in [0.2, 0.25) is 11.5 Å². The molecule has 2 N–H and O–H groups in total. The number of carbonyl (C=O) groups is 3. The number of anilines is 1. The number of carbonyl (C=O) groups excluding carboxylic acids is 3. The maximum atomic E-state index is 12.9. The van der Waals surface area contributed by atoms with Crippen LogP contribution in [0, 0.1) is 20.2 Å². The van der Waals surface area contributed by atoms with Crippen LogP contribution in [0.3, 0.4) is 0 Å². The van der Waals surface area contributed by atoms with Crippen molar-refractivity contribution in [2.45, 2.75) is 0 Å². The molecule has 4 aromatic carbocycles. The molecule has 4 aromatic rings. The van der Waals surface area contributed by atoms with E-state index in [4.69, 9.17) is 18.9 Å². The summed E-state index contributed by atoms with van der Waals surface area (Å²) in [7, 11) is 4.29. The lowest BCUT2D eigenvalue weighted by Crippen LogP contribution is -2.18. The number of rotatable bonds is 12. The smallest absolute Gasteiger partial charge is 0.343 e. The largest absolute Gasteiger partial charge is 0.493 e. The second kappa shape index (κ2) is 14.8. The number of para-hydroxylation sites is 1. The SMILES string of the molecule is COc1cc(C(=O)Nc2ccc(C(=O)N/N=C/c3cccc([N+](=O)[O-])c3OC(=O)c3ccc([N+](=O)[O-])cc3)cc2)cc(OC)c1OC. The molecule has 0 atom stereocenters. The van der Waals surface area contributed by atoms with Crippen LogP contribution in [-0.2, 0) is 0 Å². The maximum absolute atomic E-state index is 12.9. The van der Waals surface area contributed by atoms with Crippen molar-refractivity contribution >= 4 is 41.1 Å². The van der Waals surface area contributed by atoms with E-state index in [2.05, 4.69) is 15.8 Å². The standard InChI is InChI=1S/C31H25N5O11/c1-44-25-15-21(16-26(45-2)28(25)46-3)29(37)33-22-11-7-18(8-12-22)30(38)34-32-17-20-5-4-6-24(36(42)43)27(20)47-31(39)19-9-13-23(14-10-19)35(40)41/h4-17H,1-3H3,(H,33,37)(H,34,38)/b32-17+. The third kappa shape index (κ3) is 7.82. The molecule has 0 saturated heterocycles. The normalized spacial score (nSPS) is 10.5. The first-order valence-electron chi connectivity index (χ1n) is 13.3. The first-order valence-corrected chi connectivity index (χ1v) is 13.3. The number of non-ortho nitro benzene ring substituents is 1. The van der Waals surface area contributed by atoms with Gasteiger partial charge < -0.3 is 24.3 Å². The van der Waals surface area contributed by atoms with Crippen LogP contribution in [0.2, 0.25) is 0 Å². The molecule has 0 heterocycles. The quantitative estimate of drug-likeness (QED) is 0.0706. The van der Waals surface area contributed by atoms with Crippen LogP contribution < -0.4 is 29.7 Å². The average Bonchev–Trinajstić information content (AvgIpc) is 3.08. The highest BCUT2D eigenvalue weighted by Gasteiger charge is 2.23. The zero-order chi connectivity index (χ0) is 34.1. The summed E-state index contributed by atoms with van der Waals surface area (Å²) in [5.41, 5.74) is 2.13. The summed E-state index contributed by atoms with van der Waals surface area (Å²) in [5, 5.41) is 29.0. The minimum Gasteiger partial charge on any atom is -0.493 e. The second-order valence-electron chi connectivity index (χ2n) is 9.29. The first-order chi connectivity index (χ1) is 22.6. The molecule has 0 bridgehead atoms. The Bertz CT molecular complexity index is 1850. The molecule has 16 heteroatoms. The lowest BCUT2D eigenvalue weighted by Gasteiger charge is -2.14. The fraction of sp³-hybridized carbons (Fsp3) is 0.0968. The van der Waals surface area contributed by atoms with Crippen LogP contribution in [0.15, 0.2) is 84.0 Å². The van der Waals surface area contributed by atoms with Crippen molar-refractivity contribution in [1.82, 2.24) is 5.43 Å². The number of ether oxygens (including phenoxy) is 4. The number of nitrogens with zero attached hydrogens (tertiary/aromatic N) is 3. The van der Waals surface area contributed by atoms with E-state index in [-0.39, 0.29) is 27.9 Å². The fourth-order valence-corrected chi connectivity index (χ4v) is 4.12. The summed E-state index contributed by atoms with van der Waals surface area (Å²) < 4.78 is 21.1. The number of methoxy groups -OCH3 is 3. The Labute approximate surface area is 265 Å². The van der Waals surface area contributed by atoms with Crippen molar-refractivity contribution in [2.24, 2.45) is 5.10 Å². The van der Waals surface area contributed by atoms with E-state index in [1.54, 1.807) is 0 Å². The number of amides is 2. The van der Waals surface area contributed by atoms with Gasteiger partial charge in [0, 0.05) is 40.6 Å². The summed E-state index contributed by atoms with van der Waals surface area (Å²) in [6, 6.07) is 17.1. The van der Waals surface area contributed by atoms with Gasteiger partial charge in [-0.15, -0.1) is 0 Å². The second-order valence-corrected chi connectivity index (χ2v) is 9.29. The predicted octanol–water partition coefficient (Wildman–Crippen LogP) is 4.76. The van der Waals surface area contributed by atoms with E-state index in [0.29, 0.717) is 22.9 Å². The molecule has 47 heavy (non-hydrogen) atoms. The van der Waals surface area contributed by atoms with Gasteiger partial charge >= 0.3 is 11.7 Å². The molecule has 2 amide bonds.